The van der Waals surface area contributed by atoms with Crippen LogP contribution in [0.2, 0.25) is 5.02 Å². The summed E-state index contributed by atoms with van der Waals surface area (Å²) in [5.41, 5.74) is 0.995. The molecule has 1 aromatic carbocycles. The smallest absolute Gasteiger partial charge is 0.223 e. The molecule has 1 spiro atoms. The lowest BCUT2D eigenvalue weighted by molar-refractivity contribution is -0.168. The van der Waals surface area contributed by atoms with E-state index in [9.17, 15) is 4.79 Å². The molecule has 5 heteroatoms. The second kappa shape index (κ2) is 7.20. The SMILES string of the molecule is CCOC[C@H]1CCOC12CN(C(=O)CCc1ccc(Cl)cc1)C2. The summed E-state index contributed by atoms with van der Waals surface area (Å²) in [7, 11) is 0. The van der Waals surface area contributed by atoms with Crippen molar-refractivity contribution in [2.75, 3.05) is 32.9 Å². The van der Waals surface area contributed by atoms with E-state index < -0.39 is 0 Å². The van der Waals surface area contributed by atoms with Crippen molar-refractivity contribution >= 4 is 17.5 Å². The number of ether oxygens (including phenoxy) is 2. The first-order chi connectivity index (χ1) is 11.1. The molecule has 2 saturated heterocycles. The van der Waals surface area contributed by atoms with Crippen LogP contribution in [0.5, 0.6) is 0 Å². The Morgan fingerprint density at radius 1 is 1.39 bits per heavy atom. The first kappa shape index (κ1) is 16.7. The molecule has 2 fully saturated rings. The Bertz CT molecular complexity index is 540. The van der Waals surface area contributed by atoms with Crippen molar-refractivity contribution in [1.82, 2.24) is 4.90 Å². The average Bonchev–Trinajstić information content (AvgIpc) is 2.94. The molecule has 0 N–H and O–H groups in total. The Morgan fingerprint density at radius 2 is 2.13 bits per heavy atom. The minimum absolute atomic E-state index is 0.148. The van der Waals surface area contributed by atoms with Crippen molar-refractivity contribution in [1.29, 1.82) is 0 Å². The van der Waals surface area contributed by atoms with Gasteiger partial charge < -0.3 is 14.4 Å². The van der Waals surface area contributed by atoms with E-state index >= 15 is 0 Å². The maximum Gasteiger partial charge on any atom is 0.223 e. The Labute approximate surface area is 142 Å². The number of aryl methyl sites for hydroxylation is 1. The van der Waals surface area contributed by atoms with Crippen LogP contribution in [0.3, 0.4) is 0 Å². The predicted octanol–water partition coefficient (Wildman–Crippen LogP) is 2.93. The summed E-state index contributed by atoms with van der Waals surface area (Å²) in [5.74, 6) is 0.624. The van der Waals surface area contributed by atoms with Crippen LogP contribution in [-0.2, 0) is 20.7 Å². The largest absolute Gasteiger partial charge is 0.381 e. The summed E-state index contributed by atoms with van der Waals surface area (Å²) < 4.78 is 11.5. The number of hydrogen-bond acceptors (Lipinski definition) is 3. The molecule has 3 rings (SSSR count). The first-order valence-corrected chi connectivity index (χ1v) is 8.75. The van der Waals surface area contributed by atoms with Gasteiger partial charge in [0.1, 0.15) is 5.60 Å². The summed E-state index contributed by atoms with van der Waals surface area (Å²) in [6.45, 7) is 5.69. The Balaban J connectivity index is 1.46. The third-order valence-corrected chi connectivity index (χ3v) is 5.19. The van der Waals surface area contributed by atoms with E-state index in [2.05, 4.69) is 0 Å². The van der Waals surface area contributed by atoms with Crippen LogP contribution in [-0.4, -0.2) is 49.3 Å². The number of carbonyl (C=O) groups is 1. The van der Waals surface area contributed by atoms with Gasteiger partial charge in [-0.3, -0.25) is 4.79 Å². The molecule has 0 saturated carbocycles. The summed E-state index contributed by atoms with van der Waals surface area (Å²) >= 11 is 5.88. The van der Waals surface area contributed by atoms with Crippen molar-refractivity contribution < 1.29 is 14.3 Å². The molecule has 0 radical (unpaired) electrons. The van der Waals surface area contributed by atoms with Crippen molar-refractivity contribution in [2.24, 2.45) is 5.92 Å². The Kier molecular flexibility index (Phi) is 5.24. The molecule has 2 aliphatic heterocycles. The van der Waals surface area contributed by atoms with Gasteiger partial charge in [0.15, 0.2) is 0 Å². The number of carbonyl (C=O) groups excluding carboxylic acids is 1. The molecule has 2 aliphatic rings. The zero-order chi connectivity index (χ0) is 16.3. The van der Waals surface area contributed by atoms with Crippen molar-refractivity contribution in [3.05, 3.63) is 34.9 Å². The molecule has 126 valence electrons. The quantitative estimate of drug-likeness (QED) is 0.801. The van der Waals surface area contributed by atoms with E-state index in [1.165, 1.54) is 0 Å². The highest BCUT2D eigenvalue weighted by Gasteiger charge is 2.54. The van der Waals surface area contributed by atoms with Crippen molar-refractivity contribution in [3.8, 4) is 0 Å². The molecule has 2 heterocycles. The van der Waals surface area contributed by atoms with E-state index in [1.54, 1.807) is 0 Å². The Morgan fingerprint density at radius 3 is 2.83 bits per heavy atom. The second-order valence-corrected chi connectivity index (χ2v) is 6.87. The number of hydrogen-bond donors (Lipinski definition) is 0. The lowest BCUT2D eigenvalue weighted by Gasteiger charge is -2.50. The van der Waals surface area contributed by atoms with Gasteiger partial charge in [0.05, 0.1) is 19.7 Å². The van der Waals surface area contributed by atoms with Crippen molar-refractivity contribution in [2.45, 2.75) is 31.8 Å². The van der Waals surface area contributed by atoms with E-state index in [0.29, 0.717) is 25.4 Å². The molecule has 23 heavy (non-hydrogen) atoms. The van der Waals surface area contributed by atoms with E-state index in [-0.39, 0.29) is 11.5 Å². The van der Waals surface area contributed by atoms with Gasteiger partial charge in [-0.25, -0.2) is 0 Å². The summed E-state index contributed by atoms with van der Waals surface area (Å²) in [6.07, 6.45) is 2.32. The van der Waals surface area contributed by atoms with Crippen LogP contribution in [0, 0.1) is 5.92 Å². The highest BCUT2D eigenvalue weighted by atomic mass is 35.5. The van der Waals surface area contributed by atoms with Crippen LogP contribution in [0.4, 0.5) is 0 Å². The van der Waals surface area contributed by atoms with E-state index in [4.69, 9.17) is 21.1 Å². The molecule has 1 amide bonds. The normalized spacial score (nSPS) is 22.3. The molecule has 0 unspecified atom stereocenters. The maximum atomic E-state index is 12.3. The minimum Gasteiger partial charge on any atom is -0.381 e. The third kappa shape index (κ3) is 3.70. The summed E-state index contributed by atoms with van der Waals surface area (Å²) in [5, 5.41) is 0.725. The van der Waals surface area contributed by atoms with Gasteiger partial charge in [-0.05, 0) is 37.5 Å². The van der Waals surface area contributed by atoms with Gasteiger partial charge in [-0.2, -0.15) is 0 Å². The highest BCUT2D eigenvalue weighted by Crippen LogP contribution is 2.40. The second-order valence-electron chi connectivity index (χ2n) is 6.43. The average molecular weight is 338 g/mol. The zero-order valence-electron chi connectivity index (χ0n) is 13.6. The number of likely N-dealkylation sites (tertiary alicyclic amines) is 1. The molecule has 4 nitrogen and oxygen atoms in total. The van der Waals surface area contributed by atoms with Gasteiger partial charge in [0.2, 0.25) is 5.91 Å². The van der Waals surface area contributed by atoms with Gasteiger partial charge in [0, 0.05) is 30.6 Å². The van der Waals surface area contributed by atoms with Crippen LogP contribution in [0.25, 0.3) is 0 Å². The number of rotatable bonds is 6. The monoisotopic (exact) mass is 337 g/mol. The Hall–Kier alpha value is -1.10. The highest BCUT2D eigenvalue weighted by molar-refractivity contribution is 6.30. The fourth-order valence-electron chi connectivity index (χ4n) is 3.47. The topological polar surface area (TPSA) is 38.8 Å². The molecule has 1 aromatic rings. The first-order valence-electron chi connectivity index (χ1n) is 8.37. The van der Waals surface area contributed by atoms with E-state index in [1.807, 2.05) is 36.1 Å². The van der Waals surface area contributed by atoms with Gasteiger partial charge in [-0.15, -0.1) is 0 Å². The van der Waals surface area contributed by atoms with Gasteiger partial charge >= 0.3 is 0 Å². The molecular formula is C18H24ClNO3. The molecule has 0 aliphatic carbocycles. The third-order valence-electron chi connectivity index (χ3n) is 4.93. The van der Waals surface area contributed by atoms with Crippen LogP contribution < -0.4 is 0 Å². The van der Waals surface area contributed by atoms with E-state index in [0.717, 1.165) is 43.2 Å². The minimum atomic E-state index is -0.148. The fraction of sp³-hybridized carbons (Fsp3) is 0.611. The van der Waals surface area contributed by atoms with Gasteiger partial charge in [0.25, 0.3) is 0 Å². The number of benzene rings is 1. The summed E-state index contributed by atoms with van der Waals surface area (Å²) in [4.78, 5) is 14.3. The predicted molar refractivity (Wildman–Crippen MR) is 89.6 cm³/mol. The lowest BCUT2D eigenvalue weighted by atomic mass is 9.81. The van der Waals surface area contributed by atoms with Crippen molar-refractivity contribution in [3.63, 3.8) is 0 Å². The van der Waals surface area contributed by atoms with Crippen LogP contribution in [0.15, 0.2) is 24.3 Å². The molecule has 1 atom stereocenters. The lowest BCUT2D eigenvalue weighted by Crippen LogP contribution is -2.66. The standard InChI is InChI=1S/C18H24ClNO3/c1-2-22-11-15-9-10-23-18(15)12-20(13-18)17(21)8-5-14-3-6-16(19)7-4-14/h3-4,6-7,15H,2,5,8-13H2,1H3/t15-/m1/s1. The number of nitrogens with zero attached hydrogens (tertiary/aromatic N) is 1. The van der Waals surface area contributed by atoms with Gasteiger partial charge in [-0.1, -0.05) is 23.7 Å². The summed E-state index contributed by atoms with van der Waals surface area (Å²) in [6, 6.07) is 7.69. The number of halogens is 1. The van der Waals surface area contributed by atoms with Crippen LogP contribution in [0.1, 0.15) is 25.3 Å². The fourth-order valence-corrected chi connectivity index (χ4v) is 3.59. The van der Waals surface area contributed by atoms with Crippen LogP contribution >= 0.6 is 11.6 Å². The molecule has 0 aromatic heterocycles. The molecule has 0 bridgehead atoms. The number of amides is 1. The molecular weight excluding hydrogens is 314 g/mol. The zero-order valence-corrected chi connectivity index (χ0v) is 14.3. The maximum absolute atomic E-state index is 12.3.